The SMILES string of the molecule is COCCCN1C(=O)/C(=C\c2ccc(COc3cc(C)c(Cl)c(C)c3)o2)NC1=S. The van der Waals surface area contributed by atoms with Crippen molar-refractivity contribution in [1.82, 2.24) is 10.2 Å². The number of rotatable bonds is 8. The summed E-state index contributed by atoms with van der Waals surface area (Å²) in [6, 6.07) is 7.38. The van der Waals surface area contributed by atoms with E-state index in [4.69, 9.17) is 37.7 Å². The first kappa shape index (κ1) is 21.4. The van der Waals surface area contributed by atoms with Gasteiger partial charge in [-0.25, -0.2) is 0 Å². The summed E-state index contributed by atoms with van der Waals surface area (Å²) in [5, 5.41) is 4.07. The third-order valence-electron chi connectivity index (χ3n) is 4.45. The number of nitrogens with zero attached hydrogens (tertiary/aromatic N) is 1. The van der Waals surface area contributed by atoms with Crippen molar-refractivity contribution in [3.63, 3.8) is 0 Å². The maximum atomic E-state index is 12.5. The highest BCUT2D eigenvalue weighted by molar-refractivity contribution is 7.80. The molecule has 1 aromatic carbocycles. The summed E-state index contributed by atoms with van der Waals surface area (Å²) >= 11 is 11.4. The molecule has 1 fully saturated rings. The zero-order chi connectivity index (χ0) is 21.0. The second-order valence-corrected chi connectivity index (χ2v) is 7.52. The highest BCUT2D eigenvalue weighted by Gasteiger charge is 2.30. The van der Waals surface area contributed by atoms with Crippen LogP contribution in [0.2, 0.25) is 5.02 Å². The summed E-state index contributed by atoms with van der Waals surface area (Å²) in [5.74, 6) is 1.74. The predicted octanol–water partition coefficient (Wildman–Crippen LogP) is 4.22. The molecule has 0 aliphatic carbocycles. The molecule has 0 saturated carbocycles. The second-order valence-electron chi connectivity index (χ2n) is 6.76. The van der Waals surface area contributed by atoms with Gasteiger partial charge in [-0.3, -0.25) is 9.69 Å². The highest BCUT2D eigenvalue weighted by Crippen LogP contribution is 2.26. The summed E-state index contributed by atoms with van der Waals surface area (Å²) in [4.78, 5) is 14.0. The maximum Gasteiger partial charge on any atom is 0.276 e. The Morgan fingerprint density at radius 2 is 2.00 bits per heavy atom. The first-order valence-electron chi connectivity index (χ1n) is 9.20. The number of methoxy groups -OCH3 is 1. The third kappa shape index (κ3) is 5.18. The summed E-state index contributed by atoms with van der Waals surface area (Å²) in [6.07, 6.45) is 2.36. The molecule has 0 unspecified atom stereocenters. The number of furan rings is 1. The van der Waals surface area contributed by atoms with Gasteiger partial charge in [-0.15, -0.1) is 0 Å². The van der Waals surface area contributed by atoms with Gasteiger partial charge in [0.2, 0.25) is 0 Å². The number of hydrogen-bond acceptors (Lipinski definition) is 5. The van der Waals surface area contributed by atoms with E-state index in [9.17, 15) is 4.79 Å². The van der Waals surface area contributed by atoms with E-state index < -0.39 is 0 Å². The van der Waals surface area contributed by atoms with E-state index in [1.165, 1.54) is 4.90 Å². The summed E-state index contributed by atoms with van der Waals surface area (Å²) < 4.78 is 16.6. The van der Waals surface area contributed by atoms with Crippen molar-refractivity contribution in [3.8, 4) is 5.75 Å². The molecule has 8 heteroatoms. The van der Waals surface area contributed by atoms with E-state index >= 15 is 0 Å². The van der Waals surface area contributed by atoms with E-state index in [-0.39, 0.29) is 12.5 Å². The van der Waals surface area contributed by atoms with Crippen LogP contribution < -0.4 is 10.1 Å². The molecular weight excluding hydrogens is 412 g/mol. The van der Waals surface area contributed by atoms with Gasteiger partial charge in [-0.1, -0.05) is 11.6 Å². The number of carbonyl (C=O) groups is 1. The molecule has 1 N–H and O–H groups in total. The molecule has 1 saturated heterocycles. The number of hydrogen-bond donors (Lipinski definition) is 1. The minimum Gasteiger partial charge on any atom is -0.486 e. The zero-order valence-corrected chi connectivity index (χ0v) is 18.2. The number of aryl methyl sites for hydroxylation is 2. The smallest absolute Gasteiger partial charge is 0.276 e. The summed E-state index contributed by atoms with van der Waals surface area (Å²) in [7, 11) is 1.63. The lowest BCUT2D eigenvalue weighted by atomic mass is 10.1. The molecule has 0 radical (unpaired) electrons. The molecule has 3 rings (SSSR count). The Bertz CT molecular complexity index is 931. The van der Waals surface area contributed by atoms with Crippen molar-refractivity contribution in [2.45, 2.75) is 26.9 Å². The fourth-order valence-electron chi connectivity index (χ4n) is 2.98. The fraction of sp³-hybridized carbons (Fsp3) is 0.333. The molecule has 2 aromatic rings. The van der Waals surface area contributed by atoms with Gasteiger partial charge >= 0.3 is 0 Å². The molecule has 1 aliphatic rings. The van der Waals surface area contributed by atoms with E-state index in [1.807, 2.05) is 32.0 Å². The normalized spacial score (nSPS) is 15.3. The molecule has 2 heterocycles. The molecule has 1 amide bonds. The molecule has 29 heavy (non-hydrogen) atoms. The van der Waals surface area contributed by atoms with E-state index in [0.29, 0.717) is 41.9 Å². The van der Waals surface area contributed by atoms with E-state index in [0.717, 1.165) is 21.9 Å². The molecule has 0 bridgehead atoms. The predicted molar refractivity (Wildman–Crippen MR) is 116 cm³/mol. The number of nitrogens with one attached hydrogen (secondary N) is 1. The largest absolute Gasteiger partial charge is 0.486 e. The maximum absolute atomic E-state index is 12.5. The molecular formula is C21H23ClN2O4S. The first-order valence-corrected chi connectivity index (χ1v) is 9.99. The van der Waals surface area contributed by atoms with Gasteiger partial charge in [0.1, 0.15) is 29.6 Å². The van der Waals surface area contributed by atoms with Gasteiger partial charge in [0, 0.05) is 31.4 Å². The highest BCUT2D eigenvalue weighted by atomic mass is 35.5. The minimum absolute atomic E-state index is 0.174. The van der Waals surface area contributed by atoms with Crippen molar-refractivity contribution < 1.29 is 18.7 Å². The van der Waals surface area contributed by atoms with Gasteiger partial charge in [0.05, 0.1) is 0 Å². The minimum atomic E-state index is -0.174. The Morgan fingerprint density at radius 1 is 1.28 bits per heavy atom. The van der Waals surface area contributed by atoms with Gasteiger partial charge in [-0.2, -0.15) is 0 Å². The van der Waals surface area contributed by atoms with Crippen LogP contribution in [0.4, 0.5) is 0 Å². The zero-order valence-electron chi connectivity index (χ0n) is 16.6. The Morgan fingerprint density at radius 3 is 2.69 bits per heavy atom. The fourth-order valence-corrected chi connectivity index (χ4v) is 3.37. The lowest BCUT2D eigenvalue weighted by Gasteiger charge is -2.12. The van der Waals surface area contributed by atoms with Crippen molar-refractivity contribution in [2.75, 3.05) is 20.3 Å². The van der Waals surface area contributed by atoms with Gasteiger partial charge in [0.15, 0.2) is 5.11 Å². The lowest BCUT2D eigenvalue weighted by molar-refractivity contribution is -0.122. The summed E-state index contributed by atoms with van der Waals surface area (Å²) in [5.41, 5.74) is 2.31. The molecule has 0 spiro atoms. The monoisotopic (exact) mass is 434 g/mol. The van der Waals surface area contributed by atoms with Crippen molar-refractivity contribution >= 4 is 40.9 Å². The van der Waals surface area contributed by atoms with Crippen LogP contribution in [-0.4, -0.2) is 36.2 Å². The molecule has 154 valence electrons. The lowest BCUT2D eigenvalue weighted by Crippen LogP contribution is -2.32. The van der Waals surface area contributed by atoms with Crippen LogP contribution in [-0.2, 0) is 16.1 Å². The standard InChI is InChI=1S/C21H23ClN2O4S/c1-13-9-17(10-14(2)19(13)22)27-12-16-6-5-15(28-16)11-18-20(25)24(21(29)23-18)7-4-8-26-3/h5-6,9-11H,4,7-8,12H2,1-3H3,(H,23,29)/b18-11+. The average molecular weight is 435 g/mol. The van der Waals surface area contributed by atoms with Crippen LogP contribution >= 0.6 is 23.8 Å². The molecule has 0 atom stereocenters. The van der Waals surface area contributed by atoms with Crippen LogP contribution in [0.25, 0.3) is 6.08 Å². The molecule has 1 aliphatic heterocycles. The van der Waals surface area contributed by atoms with Crippen molar-refractivity contribution in [2.24, 2.45) is 0 Å². The number of amides is 1. The quantitative estimate of drug-likeness (QED) is 0.381. The Hall–Kier alpha value is -2.35. The van der Waals surface area contributed by atoms with Crippen LogP contribution in [0.15, 0.2) is 34.4 Å². The van der Waals surface area contributed by atoms with Gasteiger partial charge in [-0.05, 0) is 67.9 Å². The van der Waals surface area contributed by atoms with Crippen LogP contribution in [0.1, 0.15) is 29.1 Å². The Kier molecular flexibility index (Phi) is 6.95. The van der Waals surface area contributed by atoms with Crippen molar-refractivity contribution in [3.05, 3.63) is 57.6 Å². The average Bonchev–Trinajstić information content (AvgIpc) is 3.24. The Labute approximate surface area is 180 Å². The number of ether oxygens (including phenoxy) is 2. The number of halogens is 1. The van der Waals surface area contributed by atoms with Crippen LogP contribution in [0.3, 0.4) is 0 Å². The van der Waals surface area contributed by atoms with Crippen molar-refractivity contribution in [1.29, 1.82) is 0 Å². The number of benzene rings is 1. The summed E-state index contributed by atoms with van der Waals surface area (Å²) in [6.45, 7) is 5.22. The van der Waals surface area contributed by atoms with Crippen LogP contribution in [0, 0.1) is 13.8 Å². The number of thiocarbonyl (C=S) groups is 1. The van der Waals surface area contributed by atoms with Crippen LogP contribution in [0.5, 0.6) is 5.75 Å². The first-order chi connectivity index (χ1) is 13.9. The molecule has 6 nitrogen and oxygen atoms in total. The molecule has 1 aromatic heterocycles. The Balaban J connectivity index is 1.63. The number of carbonyl (C=O) groups excluding carboxylic acids is 1. The van der Waals surface area contributed by atoms with Gasteiger partial charge < -0.3 is 19.2 Å². The van der Waals surface area contributed by atoms with Gasteiger partial charge in [0.25, 0.3) is 5.91 Å². The third-order valence-corrected chi connectivity index (χ3v) is 5.37. The topological polar surface area (TPSA) is 63.9 Å². The second kappa shape index (κ2) is 9.43. The van der Waals surface area contributed by atoms with E-state index in [1.54, 1.807) is 19.3 Å². The van der Waals surface area contributed by atoms with E-state index in [2.05, 4.69) is 5.32 Å².